The van der Waals surface area contributed by atoms with Crippen LogP contribution in [-0.2, 0) is 10.2 Å². The zero-order chi connectivity index (χ0) is 13.3. The second kappa shape index (κ2) is 5.25. The number of carbonyl (C=O) groups excluding carboxylic acids is 1. The quantitative estimate of drug-likeness (QED) is 0.892. The van der Waals surface area contributed by atoms with Crippen molar-refractivity contribution in [3.05, 3.63) is 34.3 Å². The monoisotopic (exact) mass is 322 g/mol. The Hall–Kier alpha value is -0.870. The second-order valence-corrected chi connectivity index (χ2v) is 6.63. The van der Waals surface area contributed by atoms with E-state index in [-0.39, 0.29) is 17.2 Å². The van der Waals surface area contributed by atoms with Crippen molar-refractivity contribution in [1.82, 2.24) is 10.6 Å². The lowest BCUT2D eigenvalue weighted by atomic mass is 9.64. The second-order valence-electron chi connectivity index (χ2n) is 5.71. The summed E-state index contributed by atoms with van der Waals surface area (Å²) in [6, 6.07) is 8.54. The molecular weight excluding hydrogens is 304 g/mol. The van der Waals surface area contributed by atoms with Gasteiger partial charge in [-0.3, -0.25) is 4.79 Å². The predicted octanol–water partition coefficient (Wildman–Crippen LogP) is 2.21. The number of hydrogen-bond donors (Lipinski definition) is 2. The van der Waals surface area contributed by atoms with Crippen LogP contribution in [0.4, 0.5) is 0 Å². The SMILES string of the molecule is O=C(NCC1(c2ccc(Br)cc2)CCC1)C1CNC1. The van der Waals surface area contributed by atoms with Gasteiger partial charge in [0.1, 0.15) is 0 Å². The number of rotatable bonds is 4. The molecule has 1 aliphatic carbocycles. The molecule has 1 aliphatic heterocycles. The van der Waals surface area contributed by atoms with Gasteiger partial charge in [0, 0.05) is 29.5 Å². The fourth-order valence-corrected chi connectivity index (χ4v) is 3.11. The van der Waals surface area contributed by atoms with E-state index < -0.39 is 0 Å². The lowest BCUT2D eigenvalue weighted by Crippen LogP contribution is -2.54. The first-order chi connectivity index (χ1) is 9.20. The lowest BCUT2D eigenvalue weighted by molar-refractivity contribution is -0.126. The van der Waals surface area contributed by atoms with Gasteiger partial charge >= 0.3 is 0 Å². The highest BCUT2D eigenvalue weighted by atomic mass is 79.9. The molecule has 2 aliphatic rings. The van der Waals surface area contributed by atoms with Crippen molar-refractivity contribution in [3.63, 3.8) is 0 Å². The number of benzene rings is 1. The Kier molecular flexibility index (Phi) is 3.63. The van der Waals surface area contributed by atoms with Crippen molar-refractivity contribution in [2.75, 3.05) is 19.6 Å². The Morgan fingerprint density at radius 2 is 2.00 bits per heavy atom. The summed E-state index contributed by atoms with van der Waals surface area (Å²) < 4.78 is 1.11. The summed E-state index contributed by atoms with van der Waals surface area (Å²) in [6.45, 7) is 2.44. The highest BCUT2D eigenvalue weighted by molar-refractivity contribution is 9.10. The third-order valence-corrected chi connectivity index (χ3v) is 5.05. The van der Waals surface area contributed by atoms with Crippen LogP contribution in [-0.4, -0.2) is 25.5 Å². The van der Waals surface area contributed by atoms with Crippen molar-refractivity contribution >= 4 is 21.8 Å². The first-order valence-corrected chi connectivity index (χ1v) is 7.73. The summed E-state index contributed by atoms with van der Waals surface area (Å²) in [5.74, 6) is 0.393. The maximum Gasteiger partial charge on any atom is 0.225 e. The van der Waals surface area contributed by atoms with Crippen LogP contribution in [0.2, 0.25) is 0 Å². The Labute approximate surface area is 122 Å². The smallest absolute Gasteiger partial charge is 0.225 e. The largest absolute Gasteiger partial charge is 0.355 e. The Balaban J connectivity index is 1.65. The van der Waals surface area contributed by atoms with Crippen LogP contribution < -0.4 is 10.6 Å². The lowest BCUT2D eigenvalue weighted by Gasteiger charge is -2.43. The highest BCUT2D eigenvalue weighted by Crippen LogP contribution is 2.43. The maximum absolute atomic E-state index is 11.9. The van der Waals surface area contributed by atoms with E-state index in [1.54, 1.807) is 0 Å². The van der Waals surface area contributed by atoms with E-state index in [1.165, 1.54) is 24.8 Å². The highest BCUT2D eigenvalue weighted by Gasteiger charge is 2.39. The number of halogens is 1. The molecule has 1 aromatic carbocycles. The summed E-state index contributed by atoms with van der Waals surface area (Å²) in [5, 5.41) is 6.29. The summed E-state index contributed by atoms with van der Waals surface area (Å²) in [4.78, 5) is 11.9. The molecule has 1 saturated carbocycles. The third kappa shape index (κ3) is 2.56. The molecule has 0 aromatic heterocycles. The average molecular weight is 323 g/mol. The van der Waals surface area contributed by atoms with Gasteiger partial charge in [-0.25, -0.2) is 0 Å². The van der Waals surface area contributed by atoms with Gasteiger partial charge in [-0.15, -0.1) is 0 Å². The summed E-state index contributed by atoms with van der Waals surface area (Å²) >= 11 is 3.47. The molecule has 1 heterocycles. The summed E-state index contributed by atoms with van der Waals surface area (Å²) in [6.07, 6.45) is 3.62. The van der Waals surface area contributed by atoms with Gasteiger partial charge < -0.3 is 10.6 Å². The minimum atomic E-state index is 0.174. The van der Waals surface area contributed by atoms with Crippen molar-refractivity contribution in [2.24, 2.45) is 5.92 Å². The molecule has 2 fully saturated rings. The van der Waals surface area contributed by atoms with Crippen molar-refractivity contribution < 1.29 is 4.79 Å². The molecule has 0 unspecified atom stereocenters. The molecule has 3 rings (SSSR count). The standard InChI is InChI=1S/C15H19BrN2O/c16-13-4-2-12(3-5-13)15(6-1-7-15)10-18-14(19)11-8-17-9-11/h2-5,11,17H,1,6-10H2,(H,18,19). The maximum atomic E-state index is 11.9. The van der Waals surface area contributed by atoms with E-state index in [0.717, 1.165) is 24.1 Å². The van der Waals surface area contributed by atoms with Gasteiger partial charge in [0.25, 0.3) is 0 Å². The molecule has 102 valence electrons. The van der Waals surface area contributed by atoms with Gasteiger partial charge in [-0.2, -0.15) is 0 Å². The minimum absolute atomic E-state index is 0.174. The molecule has 0 radical (unpaired) electrons. The van der Waals surface area contributed by atoms with Gasteiger partial charge in [-0.05, 0) is 30.5 Å². The van der Waals surface area contributed by atoms with Crippen LogP contribution in [0.3, 0.4) is 0 Å². The van der Waals surface area contributed by atoms with E-state index >= 15 is 0 Å². The van der Waals surface area contributed by atoms with Crippen molar-refractivity contribution in [3.8, 4) is 0 Å². The minimum Gasteiger partial charge on any atom is -0.355 e. The van der Waals surface area contributed by atoms with Crippen LogP contribution in [0.5, 0.6) is 0 Å². The topological polar surface area (TPSA) is 41.1 Å². The van der Waals surface area contributed by atoms with E-state index in [9.17, 15) is 4.79 Å². The zero-order valence-corrected chi connectivity index (χ0v) is 12.5. The number of hydrogen-bond acceptors (Lipinski definition) is 2. The van der Waals surface area contributed by atoms with Crippen LogP contribution in [0.1, 0.15) is 24.8 Å². The molecule has 19 heavy (non-hydrogen) atoms. The zero-order valence-electron chi connectivity index (χ0n) is 10.9. The van der Waals surface area contributed by atoms with E-state index in [1.807, 2.05) is 0 Å². The molecule has 3 nitrogen and oxygen atoms in total. The van der Waals surface area contributed by atoms with Gasteiger partial charge in [0.15, 0.2) is 0 Å². The molecule has 0 atom stereocenters. The van der Waals surface area contributed by atoms with Gasteiger partial charge in [0.05, 0.1) is 5.92 Å². The van der Waals surface area contributed by atoms with E-state index in [4.69, 9.17) is 0 Å². The summed E-state index contributed by atoms with van der Waals surface area (Å²) in [7, 11) is 0. The molecule has 2 N–H and O–H groups in total. The van der Waals surface area contributed by atoms with Gasteiger partial charge in [0.2, 0.25) is 5.91 Å². The Morgan fingerprint density at radius 3 is 2.47 bits per heavy atom. The van der Waals surface area contributed by atoms with Gasteiger partial charge in [-0.1, -0.05) is 34.5 Å². The molecule has 1 aromatic rings. The molecule has 4 heteroatoms. The van der Waals surface area contributed by atoms with Crippen molar-refractivity contribution in [2.45, 2.75) is 24.7 Å². The fourth-order valence-electron chi connectivity index (χ4n) is 2.85. The van der Waals surface area contributed by atoms with Crippen LogP contribution in [0, 0.1) is 5.92 Å². The van der Waals surface area contributed by atoms with E-state index in [0.29, 0.717) is 0 Å². The molecule has 0 spiro atoms. The molecule has 1 amide bonds. The molecular formula is C15H19BrN2O. The van der Waals surface area contributed by atoms with Crippen LogP contribution in [0.25, 0.3) is 0 Å². The van der Waals surface area contributed by atoms with E-state index in [2.05, 4.69) is 50.8 Å². The van der Waals surface area contributed by atoms with Crippen LogP contribution >= 0.6 is 15.9 Å². The Morgan fingerprint density at radius 1 is 1.32 bits per heavy atom. The average Bonchev–Trinajstić information content (AvgIpc) is 2.27. The first-order valence-electron chi connectivity index (χ1n) is 6.94. The predicted molar refractivity (Wildman–Crippen MR) is 79.0 cm³/mol. The number of amides is 1. The van der Waals surface area contributed by atoms with Crippen molar-refractivity contribution in [1.29, 1.82) is 0 Å². The fraction of sp³-hybridized carbons (Fsp3) is 0.533. The summed E-state index contributed by atoms with van der Waals surface area (Å²) in [5.41, 5.74) is 1.53. The molecule has 0 bridgehead atoms. The first kappa shape index (κ1) is 13.1. The molecule has 1 saturated heterocycles. The normalized spacial score (nSPS) is 21.3. The number of nitrogens with one attached hydrogen (secondary N) is 2. The van der Waals surface area contributed by atoms with Crippen LogP contribution in [0.15, 0.2) is 28.7 Å². The Bertz CT molecular complexity index is 464. The number of carbonyl (C=O) groups is 1. The third-order valence-electron chi connectivity index (χ3n) is 4.52.